The van der Waals surface area contributed by atoms with Gasteiger partial charge in [-0.15, -0.1) is 0 Å². The summed E-state index contributed by atoms with van der Waals surface area (Å²) < 4.78 is 6.03. The van der Waals surface area contributed by atoms with Gasteiger partial charge in [-0.05, 0) is 77.8 Å². The van der Waals surface area contributed by atoms with Gasteiger partial charge >= 0.3 is 0 Å². The van der Waals surface area contributed by atoms with Crippen molar-refractivity contribution >= 4 is 23.4 Å². The second kappa shape index (κ2) is 13.1. The highest BCUT2D eigenvalue weighted by atomic mass is 16.5. The monoisotopic (exact) mass is 529 g/mol. The summed E-state index contributed by atoms with van der Waals surface area (Å²) in [6, 6.07) is 21.6. The van der Waals surface area contributed by atoms with Crippen LogP contribution in [0.1, 0.15) is 92.1 Å². The molecule has 3 aromatic rings. The molecule has 2 atom stereocenters. The van der Waals surface area contributed by atoms with Crippen LogP contribution in [0.2, 0.25) is 0 Å². The summed E-state index contributed by atoms with van der Waals surface area (Å²) >= 11 is 0. The zero-order valence-electron chi connectivity index (χ0n) is 23.6. The van der Waals surface area contributed by atoms with Crippen LogP contribution < -0.4 is 20.9 Å². The molecule has 7 nitrogen and oxygen atoms in total. The summed E-state index contributed by atoms with van der Waals surface area (Å²) in [5.74, 6) is -0.188. The van der Waals surface area contributed by atoms with Gasteiger partial charge in [0.1, 0.15) is 5.75 Å². The third kappa shape index (κ3) is 7.93. The van der Waals surface area contributed by atoms with Gasteiger partial charge in [-0.1, -0.05) is 71.9 Å². The van der Waals surface area contributed by atoms with Crippen LogP contribution in [0.4, 0.5) is 5.69 Å². The Morgan fingerprint density at radius 2 is 1.36 bits per heavy atom. The van der Waals surface area contributed by atoms with E-state index in [0.717, 1.165) is 17.5 Å². The molecule has 0 aliphatic carbocycles. The number of benzene rings is 3. The van der Waals surface area contributed by atoms with E-state index in [-0.39, 0.29) is 11.3 Å². The predicted octanol–water partition coefficient (Wildman–Crippen LogP) is 6.37. The molecule has 0 aliphatic rings. The largest absolute Gasteiger partial charge is 0.480 e. The molecule has 0 saturated carbocycles. The lowest BCUT2D eigenvalue weighted by Gasteiger charge is -2.21. The fourth-order valence-corrected chi connectivity index (χ4v) is 3.99. The summed E-state index contributed by atoms with van der Waals surface area (Å²) in [7, 11) is 0. The van der Waals surface area contributed by atoms with Crippen molar-refractivity contribution in [3.05, 3.63) is 95.1 Å². The fourth-order valence-electron chi connectivity index (χ4n) is 3.99. The summed E-state index contributed by atoms with van der Waals surface area (Å²) in [4.78, 5) is 38.0. The van der Waals surface area contributed by atoms with E-state index in [1.165, 1.54) is 0 Å². The minimum absolute atomic E-state index is 0.00806. The van der Waals surface area contributed by atoms with Crippen LogP contribution in [0.15, 0.2) is 72.8 Å². The fraction of sp³-hybridized carbons (Fsp3) is 0.344. The van der Waals surface area contributed by atoms with Crippen LogP contribution >= 0.6 is 0 Å². The second-order valence-corrected chi connectivity index (χ2v) is 10.7. The number of hydrazine groups is 1. The molecule has 0 aliphatic heterocycles. The smallest absolute Gasteiger partial charge is 0.279 e. The Balaban J connectivity index is 1.55. The van der Waals surface area contributed by atoms with Crippen LogP contribution in [0, 0.1) is 0 Å². The van der Waals surface area contributed by atoms with Crippen molar-refractivity contribution in [1.29, 1.82) is 0 Å². The minimum atomic E-state index is -0.759. The molecule has 0 heterocycles. The molecule has 0 spiro atoms. The van der Waals surface area contributed by atoms with E-state index in [4.69, 9.17) is 4.74 Å². The highest BCUT2D eigenvalue weighted by Gasteiger charge is 2.21. The number of anilines is 1. The van der Waals surface area contributed by atoms with Crippen LogP contribution in [-0.4, -0.2) is 23.8 Å². The molecule has 3 rings (SSSR count). The number of carbonyl (C=O) groups is 3. The van der Waals surface area contributed by atoms with Crippen molar-refractivity contribution in [1.82, 2.24) is 10.9 Å². The first-order valence-electron chi connectivity index (χ1n) is 13.4. The second-order valence-electron chi connectivity index (χ2n) is 10.7. The van der Waals surface area contributed by atoms with E-state index >= 15 is 0 Å². The number of carbonyl (C=O) groups excluding carboxylic acids is 3. The third-order valence-corrected chi connectivity index (χ3v) is 6.71. The SMILES string of the molecule is CCC(Oc1ccccc1C(C)CC)C(=O)NNC(=O)c1ccc(NC(=O)c2ccc(C(C)(C)C)cc2)cc1. The average Bonchev–Trinajstić information content (AvgIpc) is 2.94. The van der Waals surface area contributed by atoms with E-state index in [1.54, 1.807) is 36.4 Å². The lowest BCUT2D eigenvalue weighted by molar-refractivity contribution is -0.128. The van der Waals surface area contributed by atoms with Gasteiger partial charge < -0.3 is 10.1 Å². The van der Waals surface area contributed by atoms with Gasteiger partial charge in [0.05, 0.1) is 0 Å². The number of hydrogen-bond acceptors (Lipinski definition) is 4. The average molecular weight is 530 g/mol. The Bertz CT molecular complexity index is 1280. The van der Waals surface area contributed by atoms with Gasteiger partial charge in [0.15, 0.2) is 6.10 Å². The third-order valence-electron chi connectivity index (χ3n) is 6.71. The Hall–Kier alpha value is -4.13. The van der Waals surface area contributed by atoms with E-state index in [9.17, 15) is 14.4 Å². The van der Waals surface area contributed by atoms with Crippen molar-refractivity contribution in [3.8, 4) is 5.75 Å². The molecule has 0 radical (unpaired) electrons. The highest BCUT2D eigenvalue weighted by Crippen LogP contribution is 2.29. The van der Waals surface area contributed by atoms with E-state index in [0.29, 0.717) is 34.9 Å². The molecule has 3 aromatic carbocycles. The Morgan fingerprint density at radius 3 is 1.95 bits per heavy atom. The number of para-hydroxylation sites is 1. The quantitative estimate of drug-likeness (QED) is 0.281. The summed E-state index contributed by atoms with van der Waals surface area (Å²) in [5, 5.41) is 2.84. The van der Waals surface area contributed by atoms with Gasteiger partial charge in [-0.3, -0.25) is 25.2 Å². The molecule has 3 amide bonds. The van der Waals surface area contributed by atoms with E-state index in [1.807, 2.05) is 43.3 Å². The Kier molecular flexibility index (Phi) is 9.88. The summed E-state index contributed by atoms with van der Waals surface area (Å²) in [6.45, 7) is 12.4. The predicted molar refractivity (Wildman–Crippen MR) is 155 cm³/mol. The van der Waals surface area contributed by atoms with Gasteiger partial charge in [-0.25, -0.2) is 0 Å². The van der Waals surface area contributed by atoms with Crippen molar-refractivity contribution < 1.29 is 19.1 Å². The first-order chi connectivity index (χ1) is 18.5. The van der Waals surface area contributed by atoms with Crippen LogP contribution in [0.25, 0.3) is 0 Å². The van der Waals surface area contributed by atoms with E-state index in [2.05, 4.69) is 50.8 Å². The van der Waals surface area contributed by atoms with Gasteiger partial charge in [-0.2, -0.15) is 0 Å². The molecule has 2 unspecified atom stereocenters. The molecule has 0 saturated heterocycles. The topological polar surface area (TPSA) is 96.5 Å². The highest BCUT2D eigenvalue weighted by molar-refractivity contribution is 6.04. The van der Waals surface area contributed by atoms with Gasteiger partial charge in [0.2, 0.25) is 0 Å². The lowest BCUT2D eigenvalue weighted by Crippen LogP contribution is -2.48. The summed E-state index contributed by atoms with van der Waals surface area (Å²) in [5.41, 5.74) is 8.55. The lowest BCUT2D eigenvalue weighted by atomic mass is 9.87. The molecule has 0 aromatic heterocycles. The molecule has 7 heteroatoms. The van der Waals surface area contributed by atoms with Crippen molar-refractivity contribution in [2.45, 2.75) is 71.8 Å². The van der Waals surface area contributed by atoms with Gasteiger partial charge in [0.25, 0.3) is 17.7 Å². The maximum atomic E-state index is 12.8. The van der Waals surface area contributed by atoms with Crippen molar-refractivity contribution in [2.75, 3.05) is 5.32 Å². The van der Waals surface area contributed by atoms with E-state index < -0.39 is 17.9 Å². The Morgan fingerprint density at radius 1 is 0.769 bits per heavy atom. The first kappa shape index (κ1) is 29.4. The number of nitrogens with one attached hydrogen (secondary N) is 3. The molecule has 3 N–H and O–H groups in total. The molecule has 206 valence electrons. The molecule has 39 heavy (non-hydrogen) atoms. The zero-order valence-corrected chi connectivity index (χ0v) is 23.6. The van der Waals surface area contributed by atoms with Gasteiger partial charge in [0, 0.05) is 16.8 Å². The minimum Gasteiger partial charge on any atom is -0.480 e. The first-order valence-corrected chi connectivity index (χ1v) is 13.4. The maximum absolute atomic E-state index is 12.8. The van der Waals surface area contributed by atoms with Crippen molar-refractivity contribution in [2.24, 2.45) is 0 Å². The zero-order chi connectivity index (χ0) is 28.6. The number of rotatable bonds is 9. The molecule has 0 bridgehead atoms. The normalized spacial score (nSPS) is 12.7. The molecule has 0 fully saturated rings. The molecular weight excluding hydrogens is 490 g/mol. The molecular formula is C32H39N3O4. The standard InChI is InChI=1S/C32H39N3O4/c1-7-21(3)26-11-9-10-12-28(26)39-27(8-2)31(38)35-34-30(37)23-15-19-25(20-16-23)33-29(36)22-13-17-24(18-14-22)32(4,5)6/h9-21,27H,7-8H2,1-6H3,(H,33,36)(H,34,37)(H,35,38). The summed E-state index contributed by atoms with van der Waals surface area (Å²) in [6.07, 6.45) is 0.626. The number of ether oxygens (including phenoxy) is 1. The Labute approximate surface area is 231 Å². The maximum Gasteiger partial charge on any atom is 0.279 e. The number of hydrogen-bond donors (Lipinski definition) is 3. The van der Waals surface area contributed by atoms with Crippen molar-refractivity contribution in [3.63, 3.8) is 0 Å². The van der Waals surface area contributed by atoms with Crippen LogP contribution in [0.5, 0.6) is 5.75 Å². The number of amides is 3. The van der Waals surface area contributed by atoms with Crippen LogP contribution in [0.3, 0.4) is 0 Å². The van der Waals surface area contributed by atoms with Crippen LogP contribution in [-0.2, 0) is 10.2 Å².